The molecule has 66 valence electrons. The first-order valence-electron chi connectivity index (χ1n) is 3.63. The standard InChI is InChI=1S/C7H5N5.HI/c1-2-8-7-5(1)12-4-10-11-6(12)3-9-7;/h1-3H,4H2;1H. The van der Waals surface area contributed by atoms with Gasteiger partial charge < -0.3 is 0 Å². The SMILES string of the molecule is I.c1cc2n3c(cnc-2n1)N=NC3. The molecular weight excluding hydrogens is 281 g/mol. The topological polar surface area (TPSA) is 55.4 Å². The minimum Gasteiger partial charge on any atom is -0.298 e. The molecule has 0 atom stereocenters. The first-order chi connectivity index (χ1) is 5.95. The molecule has 0 aromatic rings. The Morgan fingerprint density at radius 1 is 1.31 bits per heavy atom. The summed E-state index contributed by atoms with van der Waals surface area (Å²) in [5.41, 5.74) is 0.998. The van der Waals surface area contributed by atoms with E-state index in [1.807, 2.05) is 10.6 Å². The van der Waals surface area contributed by atoms with Crippen LogP contribution in [0.2, 0.25) is 0 Å². The number of halogens is 1. The molecule has 0 spiro atoms. The van der Waals surface area contributed by atoms with Gasteiger partial charge in [0.2, 0.25) is 0 Å². The van der Waals surface area contributed by atoms with Gasteiger partial charge in [0, 0.05) is 6.20 Å². The molecule has 0 saturated heterocycles. The fourth-order valence-corrected chi connectivity index (χ4v) is 1.34. The molecule has 0 aromatic heterocycles. The van der Waals surface area contributed by atoms with E-state index in [0.717, 1.165) is 17.3 Å². The van der Waals surface area contributed by atoms with E-state index in [4.69, 9.17) is 0 Å². The van der Waals surface area contributed by atoms with Crippen LogP contribution in [0.1, 0.15) is 0 Å². The Hall–Kier alpha value is -1.05. The molecule has 3 heterocycles. The third kappa shape index (κ3) is 1.12. The Balaban J connectivity index is 0.000000653. The number of aromatic nitrogens is 3. The second-order valence-electron chi connectivity index (χ2n) is 2.58. The van der Waals surface area contributed by atoms with E-state index in [-0.39, 0.29) is 24.0 Å². The summed E-state index contributed by atoms with van der Waals surface area (Å²) in [4.78, 5) is 8.21. The quantitative estimate of drug-likeness (QED) is 0.696. The van der Waals surface area contributed by atoms with Gasteiger partial charge in [-0.1, -0.05) is 0 Å². The van der Waals surface area contributed by atoms with Crippen LogP contribution in [0.5, 0.6) is 0 Å². The third-order valence-electron chi connectivity index (χ3n) is 1.91. The van der Waals surface area contributed by atoms with Crippen LogP contribution in [-0.2, 0) is 6.67 Å². The van der Waals surface area contributed by atoms with Crippen molar-refractivity contribution >= 4 is 29.8 Å². The molecule has 0 amide bonds. The van der Waals surface area contributed by atoms with Crippen LogP contribution >= 0.6 is 24.0 Å². The van der Waals surface area contributed by atoms with Crippen LogP contribution in [0.25, 0.3) is 11.5 Å². The van der Waals surface area contributed by atoms with Gasteiger partial charge in [-0.2, -0.15) is 5.11 Å². The zero-order valence-corrected chi connectivity index (χ0v) is 8.91. The number of hydrogen-bond acceptors (Lipinski definition) is 4. The van der Waals surface area contributed by atoms with E-state index in [9.17, 15) is 0 Å². The Kier molecular flexibility index (Phi) is 1.98. The predicted molar refractivity (Wildman–Crippen MR) is 56.6 cm³/mol. The summed E-state index contributed by atoms with van der Waals surface area (Å²) in [7, 11) is 0. The highest BCUT2D eigenvalue weighted by atomic mass is 127. The molecule has 3 rings (SSSR count). The second-order valence-corrected chi connectivity index (χ2v) is 2.58. The minimum absolute atomic E-state index is 0. The van der Waals surface area contributed by atoms with E-state index >= 15 is 0 Å². The van der Waals surface area contributed by atoms with Crippen molar-refractivity contribution < 1.29 is 0 Å². The Bertz CT molecular complexity index is 435. The highest BCUT2D eigenvalue weighted by molar-refractivity contribution is 14.0. The number of azo groups is 1. The summed E-state index contributed by atoms with van der Waals surface area (Å²) in [6.45, 7) is 0.583. The lowest BCUT2D eigenvalue weighted by molar-refractivity contribution is 0.773. The molecule has 0 aliphatic carbocycles. The van der Waals surface area contributed by atoms with Crippen molar-refractivity contribution in [3.63, 3.8) is 0 Å². The average Bonchev–Trinajstić information content (AvgIpc) is 2.71. The maximum absolute atomic E-state index is 4.13. The van der Waals surface area contributed by atoms with Gasteiger partial charge in [0.05, 0.1) is 11.9 Å². The summed E-state index contributed by atoms with van der Waals surface area (Å²) < 4.78 is 1.98. The van der Waals surface area contributed by atoms with Gasteiger partial charge in [0.1, 0.15) is 6.67 Å². The smallest absolute Gasteiger partial charge is 0.176 e. The number of fused-ring (bicyclic) bond motifs is 3. The van der Waals surface area contributed by atoms with Crippen LogP contribution < -0.4 is 0 Å². The minimum atomic E-state index is 0. The Morgan fingerprint density at radius 3 is 3.15 bits per heavy atom. The fourth-order valence-electron chi connectivity index (χ4n) is 1.34. The lowest BCUT2D eigenvalue weighted by atomic mass is 10.4. The molecule has 13 heavy (non-hydrogen) atoms. The van der Waals surface area contributed by atoms with E-state index in [0.29, 0.717) is 6.67 Å². The van der Waals surface area contributed by atoms with Crippen molar-refractivity contribution in [2.45, 2.75) is 6.67 Å². The predicted octanol–water partition coefficient (Wildman–Crippen LogP) is 2.06. The molecule has 0 N–H and O–H groups in total. The van der Waals surface area contributed by atoms with Crippen molar-refractivity contribution in [2.24, 2.45) is 10.2 Å². The van der Waals surface area contributed by atoms with Crippen molar-refractivity contribution in [1.82, 2.24) is 14.5 Å². The first kappa shape index (κ1) is 8.54. The highest BCUT2D eigenvalue weighted by Gasteiger charge is 2.15. The molecule has 6 heteroatoms. The number of nitrogens with zero attached hydrogens (tertiary/aromatic N) is 5. The summed E-state index contributed by atoms with van der Waals surface area (Å²) in [6.07, 6.45) is 3.43. The summed E-state index contributed by atoms with van der Waals surface area (Å²) in [5.74, 6) is 1.56. The van der Waals surface area contributed by atoms with Crippen molar-refractivity contribution in [3.05, 3.63) is 18.5 Å². The van der Waals surface area contributed by atoms with Crippen molar-refractivity contribution in [2.75, 3.05) is 0 Å². The van der Waals surface area contributed by atoms with E-state index < -0.39 is 0 Å². The second kappa shape index (κ2) is 3.02. The van der Waals surface area contributed by atoms with Gasteiger partial charge in [-0.3, -0.25) is 4.57 Å². The van der Waals surface area contributed by atoms with Crippen LogP contribution in [0.15, 0.2) is 28.7 Å². The van der Waals surface area contributed by atoms with Gasteiger partial charge in [-0.15, -0.1) is 29.1 Å². The van der Waals surface area contributed by atoms with E-state index in [1.165, 1.54) is 0 Å². The van der Waals surface area contributed by atoms with Crippen LogP contribution in [0.4, 0.5) is 5.82 Å². The lowest BCUT2D eigenvalue weighted by Gasteiger charge is -2.04. The zero-order chi connectivity index (χ0) is 7.97. The van der Waals surface area contributed by atoms with Crippen LogP contribution in [-0.4, -0.2) is 14.5 Å². The third-order valence-corrected chi connectivity index (χ3v) is 1.91. The number of hydrogen-bond donors (Lipinski definition) is 0. The molecule has 0 radical (unpaired) electrons. The van der Waals surface area contributed by atoms with Crippen molar-refractivity contribution in [3.8, 4) is 11.5 Å². The van der Waals surface area contributed by atoms with E-state index in [1.54, 1.807) is 12.4 Å². The normalized spacial score (nSPS) is 12.9. The summed E-state index contributed by atoms with van der Waals surface area (Å²) >= 11 is 0. The average molecular weight is 287 g/mol. The van der Waals surface area contributed by atoms with Gasteiger partial charge in [0.15, 0.2) is 11.6 Å². The molecule has 0 unspecified atom stereocenters. The lowest BCUT2D eigenvalue weighted by Crippen LogP contribution is -1.99. The monoisotopic (exact) mass is 287 g/mol. The summed E-state index contributed by atoms with van der Waals surface area (Å²) in [6, 6.07) is 1.92. The zero-order valence-electron chi connectivity index (χ0n) is 6.58. The molecule has 3 aliphatic rings. The van der Waals surface area contributed by atoms with E-state index in [2.05, 4.69) is 20.2 Å². The van der Waals surface area contributed by atoms with Gasteiger partial charge in [-0.05, 0) is 6.07 Å². The van der Waals surface area contributed by atoms with Crippen LogP contribution in [0.3, 0.4) is 0 Å². The number of rotatable bonds is 0. The molecule has 0 fully saturated rings. The molecule has 0 aromatic carbocycles. The first-order valence-corrected chi connectivity index (χ1v) is 3.63. The molecule has 0 saturated carbocycles. The maximum Gasteiger partial charge on any atom is 0.176 e. The molecule has 5 nitrogen and oxygen atoms in total. The van der Waals surface area contributed by atoms with Gasteiger partial charge in [0.25, 0.3) is 0 Å². The van der Waals surface area contributed by atoms with Crippen molar-refractivity contribution in [1.29, 1.82) is 0 Å². The van der Waals surface area contributed by atoms with Gasteiger partial charge >= 0.3 is 0 Å². The van der Waals surface area contributed by atoms with Crippen LogP contribution in [0, 0.1) is 0 Å². The largest absolute Gasteiger partial charge is 0.298 e. The molecule has 3 aliphatic heterocycles. The Labute approximate surface area is 91.3 Å². The fraction of sp³-hybridized carbons (Fsp3) is 0.143. The summed E-state index contributed by atoms with van der Waals surface area (Å²) in [5, 5.41) is 7.83. The molecular formula is C7H6IN5. The maximum atomic E-state index is 4.13. The van der Waals surface area contributed by atoms with Gasteiger partial charge in [-0.25, -0.2) is 9.97 Å². The highest BCUT2D eigenvalue weighted by Crippen LogP contribution is 2.27. The Morgan fingerprint density at radius 2 is 2.23 bits per heavy atom. The molecule has 0 bridgehead atoms.